The van der Waals surface area contributed by atoms with E-state index in [-0.39, 0.29) is 25.3 Å². The summed E-state index contributed by atoms with van der Waals surface area (Å²) < 4.78 is 4.69. The van der Waals surface area contributed by atoms with E-state index >= 15 is 0 Å². The average molecular weight is 213 g/mol. The van der Waals surface area contributed by atoms with Crippen LogP contribution in [0.15, 0.2) is 4.52 Å². The number of nitrogens with zero attached hydrogens (tertiary/aromatic N) is 2. The molecule has 15 heavy (non-hydrogen) atoms. The van der Waals surface area contributed by atoms with E-state index in [1.807, 2.05) is 0 Å². The van der Waals surface area contributed by atoms with Crippen LogP contribution in [0.5, 0.6) is 0 Å². The minimum absolute atomic E-state index is 0.0494. The third kappa shape index (κ3) is 4.21. The van der Waals surface area contributed by atoms with E-state index in [1.54, 1.807) is 6.92 Å². The first kappa shape index (κ1) is 11.2. The molecule has 0 fully saturated rings. The second-order valence-electron chi connectivity index (χ2n) is 2.90. The van der Waals surface area contributed by atoms with Crippen molar-refractivity contribution in [2.75, 3.05) is 0 Å². The average Bonchev–Trinajstić information content (AvgIpc) is 2.58. The molecule has 2 N–H and O–H groups in total. The summed E-state index contributed by atoms with van der Waals surface area (Å²) in [4.78, 5) is 25.1. The molecule has 1 amide bonds. The Hall–Kier alpha value is -1.92. The molecule has 1 rings (SSSR count). The van der Waals surface area contributed by atoms with Gasteiger partial charge in [0.05, 0.1) is 13.0 Å². The van der Waals surface area contributed by atoms with Crippen molar-refractivity contribution in [3.63, 3.8) is 0 Å². The number of hydrogen-bond acceptors (Lipinski definition) is 5. The smallest absolute Gasteiger partial charge is 0.303 e. The van der Waals surface area contributed by atoms with Crippen molar-refractivity contribution in [1.82, 2.24) is 15.5 Å². The lowest BCUT2D eigenvalue weighted by Crippen LogP contribution is -2.23. The van der Waals surface area contributed by atoms with Crippen LogP contribution >= 0.6 is 0 Å². The summed E-state index contributed by atoms with van der Waals surface area (Å²) in [5.74, 6) is -0.554. The highest BCUT2D eigenvalue weighted by Crippen LogP contribution is 1.95. The molecule has 0 saturated heterocycles. The van der Waals surface area contributed by atoms with Crippen LogP contribution in [-0.4, -0.2) is 27.1 Å². The Morgan fingerprint density at radius 2 is 2.20 bits per heavy atom. The summed E-state index contributed by atoms with van der Waals surface area (Å²) in [6.07, 6.45) is -0.233. The van der Waals surface area contributed by atoms with Gasteiger partial charge in [0.25, 0.3) is 0 Å². The molecule has 0 unspecified atom stereocenters. The first-order valence-electron chi connectivity index (χ1n) is 4.35. The summed E-state index contributed by atoms with van der Waals surface area (Å²) in [6, 6.07) is 0. The van der Waals surface area contributed by atoms with Crippen LogP contribution in [0.4, 0.5) is 0 Å². The highest BCUT2D eigenvalue weighted by molar-refractivity contribution is 5.80. The molecule has 7 nitrogen and oxygen atoms in total. The predicted molar refractivity (Wildman–Crippen MR) is 47.8 cm³/mol. The van der Waals surface area contributed by atoms with E-state index in [2.05, 4.69) is 20.0 Å². The van der Waals surface area contributed by atoms with Gasteiger partial charge in [0.15, 0.2) is 5.82 Å². The summed E-state index contributed by atoms with van der Waals surface area (Å²) in [5.41, 5.74) is 0. The summed E-state index contributed by atoms with van der Waals surface area (Å²) in [5, 5.41) is 14.4. The number of aromatic nitrogens is 2. The number of hydrogen-bond donors (Lipinski definition) is 2. The Bertz CT molecular complexity index is 361. The van der Waals surface area contributed by atoms with Gasteiger partial charge in [-0.2, -0.15) is 4.98 Å². The Balaban J connectivity index is 2.25. The zero-order valence-electron chi connectivity index (χ0n) is 8.19. The van der Waals surface area contributed by atoms with Crippen molar-refractivity contribution >= 4 is 11.9 Å². The van der Waals surface area contributed by atoms with E-state index in [1.165, 1.54) is 0 Å². The van der Waals surface area contributed by atoms with Crippen molar-refractivity contribution in [2.24, 2.45) is 0 Å². The monoisotopic (exact) mass is 213 g/mol. The van der Waals surface area contributed by atoms with E-state index < -0.39 is 5.97 Å². The fourth-order valence-electron chi connectivity index (χ4n) is 0.900. The van der Waals surface area contributed by atoms with Gasteiger partial charge in [0.1, 0.15) is 0 Å². The largest absolute Gasteiger partial charge is 0.481 e. The molecule has 0 radical (unpaired) electrons. The minimum atomic E-state index is -0.999. The van der Waals surface area contributed by atoms with Gasteiger partial charge < -0.3 is 14.9 Å². The Labute approximate surface area is 85.5 Å². The maximum atomic E-state index is 11.1. The van der Waals surface area contributed by atoms with Crippen molar-refractivity contribution in [3.05, 3.63) is 11.7 Å². The van der Waals surface area contributed by atoms with Crippen molar-refractivity contribution < 1.29 is 19.2 Å². The fourth-order valence-corrected chi connectivity index (χ4v) is 0.900. The SMILES string of the molecule is Cc1nc(CNC(=O)CCC(=O)O)no1. The van der Waals surface area contributed by atoms with Gasteiger partial charge in [0.2, 0.25) is 11.8 Å². The third-order valence-electron chi connectivity index (χ3n) is 1.58. The molecule has 0 atom stereocenters. The van der Waals surface area contributed by atoms with E-state index in [0.29, 0.717) is 11.7 Å². The molecular weight excluding hydrogens is 202 g/mol. The van der Waals surface area contributed by atoms with Crippen LogP contribution in [0.1, 0.15) is 24.6 Å². The number of carbonyl (C=O) groups is 2. The molecule has 0 bridgehead atoms. The Kier molecular flexibility index (Phi) is 3.78. The second kappa shape index (κ2) is 5.08. The number of carboxylic acid groups (broad SMARTS) is 1. The normalized spacial score (nSPS) is 9.93. The summed E-state index contributed by atoms with van der Waals surface area (Å²) in [6.45, 7) is 1.79. The highest BCUT2D eigenvalue weighted by atomic mass is 16.5. The lowest BCUT2D eigenvalue weighted by Gasteiger charge is -1.99. The number of aryl methyl sites for hydroxylation is 1. The zero-order valence-corrected chi connectivity index (χ0v) is 8.19. The number of nitrogens with one attached hydrogen (secondary N) is 1. The number of amides is 1. The van der Waals surface area contributed by atoms with Crippen LogP contribution in [0.2, 0.25) is 0 Å². The van der Waals surface area contributed by atoms with Gasteiger partial charge in [0, 0.05) is 13.3 Å². The van der Waals surface area contributed by atoms with E-state index in [0.717, 1.165) is 0 Å². The molecular formula is C8H11N3O4. The van der Waals surface area contributed by atoms with Gasteiger partial charge in [-0.15, -0.1) is 0 Å². The van der Waals surface area contributed by atoms with Gasteiger partial charge in [-0.3, -0.25) is 9.59 Å². The maximum Gasteiger partial charge on any atom is 0.303 e. The van der Waals surface area contributed by atoms with Crippen molar-refractivity contribution in [3.8, 4) is 0 Å². The Morgan fingerprint density at radius 3 is 2.73 bits per heavy atom. The van der Waals surface area contributed by atoms with Crippen molar-refractivity contribution in [1.29, 1.82) is 0 Å². The molecule has 0 aromatic carbocycles. The van der Waals surface area contributed by atoms with E-state index in [9.17, 15) is 9.59 Å². The number of carbonyl (C=O) groups excluding carboxylic acids is 1. The van der Waals surface area contributed by atoms with Gasteiger partial charge in [-0.25, -0.2) is 0 Å². The van der Waals surface area contributed by atoms with Crippen LogP contribution in [0, 0.1) is 6.92 Å². The minimum Gasteiger partial charge on any atom is -0.481 e. The van der Waals surface area contributed by atoms with Crippen LogP contribution in [0.25, 0.3) is 0 Å². The molecule has 0 aliphatic rings. The third-order valence-corrected chi connectivity index (χ3v) is 1.58. The molecule has 0 aliphatic carbocycles. The molecule has 0 spiro atoms. The molecule has 7 heteroatoms. The molecule has 82 valence electrons. The summed E-state index contributed by atoms with van der Waals surface area (Å²) in [7, 11) is 0. The number of rotatable bonds is 5. The predicted octanol–water partition coefficient (Wildman–Crippen LogP) is -0.141. The molecule has 0 saturated carbocycles. The lowest BCUT2D eigenvalue weighted by atomic mass is 10.3. The molecule has 1 aromatic heterocycles. The van der Waals surface area contributed by atoms with Gasteiger partial charge >= 0.3 is 5.97 Å². The van der Waals surface area contributed by atoms with Gasteiger partial charge in [-0.1, -0.05) is 5.16 Å². The first-order chi connectivity index (χ1) is 7.08. The lowest BCUT2D eigenvalue weighted by molar-refractivity contribution is -0.138. The highest BCUT2D eigenvalue weighted by Gasteiger charge is 2.07. The quantitative estimate of drug-likeness (QED) is 0.705. The molecule has 0 aliphatic heterocycles. The first-order valence-corrected chi connectivity index (χ1v) is 4.35. The van der Waals surface area contributed by atoms with Crippen molar-refractivity contribution in [2.45, 2.75) is 26.3 Å². The standard InChI is InChI=1S/C8H11N3O4/c1-5-10-6(11-15-5)4-9-7(12)2-3-8(13)14/h2-4H2,1H3,(H,9,12)(H,13,14). The van der Waals surface area contributed by atoms with Gasteiger partial charge in [-0.05, 0) is 0 Å². The Morgan fingerprint density at radius 1 is 1.47 bits per heavy atom. The zero-order chi connectivity index (χ0) is 11.3. The van der Waals surface area contributed by atoms with E-state index in [4.69, 9.17) is 5.11 Å². The van der Waals surface area contributed by atoms with Crippen LogP contribution in [0.3, 0.4) is 0 Å². The van der Waals surface area contributed by atoms with Crippen LogP contribution in [-0.2, 0) is 16.1 Å². The second-order valence-corrected chi connectivity index (χ2v) is 2.90. The maximum absolute atomic E-state index is 11.1. The van der Waals surface area contributed by atoms with Crippen LogP contribution < -0.4 is 5.32 Å². The fraction of sp³-hybridized carbons (Fsp3) is 0.500. The number of carboxylic acids is 1. The number of aliphatic carboxylic acids is 1. The molecule has 1 heterocycles. The molecule has 1 aromatic rings. The topological polar surface area (TPSA) is 105 Å². The summed E-state index contributed by atoms with van der Waals surface area (Å²) >= 11 is 0.